The third-order valence-corrected chi connectivity index (χ3v) is 10.9. The topological polar surface area (TPSA) is 84.5 Å². The monoisotopic (exact) mass is 686 g/mol. The first-order valence-electron chi connectivity index (χ1n) is 19.6. The Labute approximate surface area is 303 Å². The molecule has 284 valence electrons. The van der Waals surface area contributed by atoms with Crippen LogP contribution in [0.5, 0.6) is 0 Å². The Morgan fingerprint density at radius 1 is 0.755 bits per heavy atom. The summed E-state index contributed by atoms with van der Waals surface area (Å²) in [4.78, 5) is 23.0. The Balaban J connectivity index is 1.96. The number of hydrogen-bond acceptors (Lipinski definition) is 9. The molecule has 0 amide bonds. The first-order chi connectivity index (χ1) is 22.3. The lowest BCUT2D eigenvalue weighted by molar-refractivity contribution is -0.0787. The summed E-state index contributed by atoms with van der Waals surface area (Å²) in [6.07, 6.45) is 13.2. The van der Waals surface area contributed by atoms with Gasteiger partial charge in [-0.25, -0.2) is 0 Å². The van der Waals surface area contributed by atoms with E-state index in [2.05, 4.69) is 149 Å². The van der Waals surface area contributed by atoms with Crippen molar-refractivity contribution in [1.82, 2.24) is 30.5 Å². The lowest BCUT2D eigenvalue weighted by Gasteiger charge is -2.59. The molecule has 1 atom stereocenters. The average molecular weight is 686 g/mol. The van der Waals surface area contributed by atoms with Crippen LogP contribution in [0, 0.1) is 5.41 Å². The van der Waals surface area contributed by atoms with Gasteiger partial charge in [0.1, 0.15) is 0 Å². The summed E-state index contributed by atoms with van der Waals surface area (Å²) >= 11 is 0. The van der Waals surface area contributed by atoms with Gasteiger partial charge >= 0.3 is 0 Å². The number of piperidine rings is 2. The van der Waals surface area contributed by atoms with Gasteiger partial charge in [-0.05, 0) is 120 Å². The van der Waals surface area contributed by atoms with Crippen molar-refractivity contribution in [2.45, 2.75) is 214 Å². The average Bonchev–Trinajstić information content (AvgIpc) is 2.90. The maximum atomic E-state index is 5.26. The Morgan fingerprint density at radius 3 is 1.67 bits per heavy atom. The van der Waals surface area contributed by atoms with Gasteiger partial charge in [0.05, 0.1) is 6.17 Å². The Hall–Kier alpha value is -1.71. The van der Waals surface area contributed by atoms with Crippen molar-refractivity contribution in [2.75, 3.05) is 36.3 Å². The van der Waals surface area contributed by atoms with E-state index in [9.17, 15) is 0 Å². The Morgan fingerprint density at radius 2 is 1.22 bits per heavy atom. The minimum absolute atomic E-state index is 0.00747. The van der Waals surface area contributed by atoms with Gasteiger partial charge in [-0.1, -0.05) is 59.8 Å². The molecule has 49 heavy (non-hydrogen) atoms. The SMILES string of the molecule is CCCCCCCC(NC)N1C(C)(C)CC(N(C)c2nc(NC(C)(C)CC(C)(C)C)nc(N(C)C3CC(C)(C)NC(C)(C)C3)n2)CC1(C)C. The Bertz CT molecular complexity index is 1160. The molecule has 0 saturated carbocycles. The number of unbranched alkanes of at least 4 members (excludes halogenated alkanes) is 4. The highest BCUT2D eigenvalue weighted by Gasteiger charge is 2.49. The van der Waals surface area contributed by atoms with Crippen LogP contribution in [-0.2, 0) is 0 Å². The predicted octanol–water partition coefficient (Wildman–Crippen LogP) is 8.61. The van der Waals surface area contributed by atoms with E-state index in [1.54, 1.807) is 0 Å². The zero-order chi connectivity index (χ0) is 37.2. The number of likely N-dealkylation sites (tertiary alicyclic amines) is 1. The summed E-state index contributed by atoms with van der Waals surface area (Å²) in [7, 11) is 6.52. The molecule has 2 aliphatic rings. The molecule has 9 nitrogen and oxygen atoms in total. The zero-order valence-corrected chi connectivity index (χ0v) is 35.2. The molecule has 9 heteroatoms. The smallest absolute Gasteiger partial charge is 0.231 e. The van der Waals surface area contributed by atoms with Crippen molar-refractivity contribution in [3.05, 3.63) is 0 Å². The first kappa shape index (κ1) is 41.7. The van der Waals surface area contributed by atoms with Gasteiger partial charge in [0, 0.05) is 53.9 Å². The molecule has 3 N–H and O–H groups in total. The lowest BCUT2D eigenvalue weighted by Crippen LogP contribution is -2.69. The summed E-state index contributed by atoms with van der Waals surface area (Å²) in [5.41, 5.74) is 0.0157. The van der Waals surface area contributed by atoms with Crippen LogP contribution < -0.4 is 25.8 Å². The van der Waals surface area contributed by atoms with Gasteiger partial charge in [-0.2, -0.15) is 15.0 Å². The highest BCUT2D eigenvalue weighted by Crippen LogP contribution is 2.43. The Kier molecular flexibility index (Phi) is 13.2. The van der Waals surface area contributed by atoms with Crippen molar-refractivity contribution in [3.8, 4) is 0 Å². The number of nitrogens with one attached hydrogen (secondary N) is 3. The molecule has 1 aromatic heterocycles. The van der Waals surface area contributed by atoms with Crippen molar-refractivity contribution >= 4 is 17.8 Å². The van der Waals surface area contributed by atoms with Crippen LogP contribution >= 0.6 is 0 Å². The van der Waals surface area contributed by atoms with E-state index in [1.165, 1.54) is 38.5 Å². The summed E-state index contributed by atoms with van der Waals surface area (Å²) in [6, 6.07) is 0.597. The van der Waals surface area contributed by atoms with E-state index < -0.39 is 0 Å². The van der Waals surface area contributed by atoms with Crippen molar-refractivity contribution < 1.29 is 0 Å². The molecular formula is C40H79N9. The van der Waals surface area contributed by atoms with Crippen LogP contribution in [0.2, 0.25) is 0 Å². The third-order valence-electron chi connectivity index (χ3n) is 10.9. The maximum absolute atomic E-state index is 5.26. The van der Waals surface area contributed by atoms with E-state index in [4.69, 9.17) is 15.0 Å². The van der Waals surface area contributed by atoms with Crippen LogP contribution in [0.3, 0.4) is 0 Å². The fraction of sp³-hybridized carbons (Fsp3) is 0.925. The minimum atomic E-state index is -0.182. The van der Waals surface area contributed by atoms with E-state index >= 15 is 0 Å². The minimum Gasteiger partial charge on any atom is -0.349 e. The second-order valence-electron chi connectivity index (χ2n) is 20.2. The molecule has 0 aliphatic carbocycles. The van der Waals surface area contributed by atoms with Crippen LogP contribution in [0.4, 0.5) is 17.8 Å². The molecule has 0 spiro atoms. The largest absolute Gasteiger partial charge is 0.349 e. The fourth-order valence-corrected chi connectivity index (χ4v) is 9.97. The van der Waals surface area contributed by atoms with Crippen molar-refractivity contribution in [2.24, 2.45) is 5.41 Å². The molecule has 2 saturated heterocycles. The molecule has 0 radical (unpaired) electrons. The van der Waals surface area contributed by atoms with Gasteiger partial charge in [0.25, 0.3) is 0 Å². The maximum Gasteiger partial charge on any atom is 0.231 e. The number of anilines is 3. The second-order valence-corrected chi connectivity index (χ2v) is 20.2. The van der Waals surface area contributed by atoms with Crippen LogP contribution in [-0.4, -0.2) is 86.9 Å². The van der Waals surface area contributed by atoms with Gasteiger partial charge in [-0.15, -0.1) is 0 Å². The molecule has 2 aliphatic heterocycles. The molecule has 3 rings (SSSR count). The quantitative estimate of drug-likeness (QED) is 0.157. The highest BCUT2D eigenvalue weighted by atomic mass is 15.4. The van der Waals surface area contributed by atoms with Crippen LogP contribution in [0.25, 0.3) is 0 Å². The molecule has 0 bridgehead atoms. The third kappa shape index (κ3) is 11.6. The number of aromatic nitrogens is 3. The van der Waals surface area contributed by atoms with E-state index in [0.717, 1.165) is 44.0 Å². The van der Waals surface area contributed by atoms with E-state index in [-0.39, 0.29) is 39.2 Å². The highest BCUT2D eigenvalue weighted by molar-refractivity contribution is 5.47. The molecule has 2 fully saturated rings. The van der Waals surface area contributed by atoms with Crippen molar-refractivity contribution in [3.63, 3.8) is 0 Å². The molecule has 1 unspecified atom stereocenters. The summed E-state index contributed by atoms with van der Waals surface area (Å²) in [5.74, 6) is 2.16. The normalized spacial score (nSPS) is 22.1. The van der Waals surface area contributed by atoms with Crippen LogP contribution in [0.15, 0.2) is 0 Å². The molecule has 3 heterocycles. The van der Waals surface area contributed by atoms with Gasteiger partial charge in [0.2, 0.25) is 17.8 Å². The van der Waals surface area contributed by atoms with Gasteiger partial charge in [0.15, 0.2) is 0 Å². The lowest BCUT2D eigenvalue weighted by atomic mass is 9.75. The summed E-state index contributed by atoms with van der Waals surface area (Å²) in [6.45, 7) is 32.7. The fourth-order valence-electron chi connectivity index (χ4n) is 9.97. The summed E-state index contributed by atoms with van der Waals surface area (Å²) in [5, 5.41) is 11.3. The van der Waals surface area contributed by atoms with Crippen LogP contribution in [0.1, 0.15) is 168 Å². The van der Waals surface area contributed by atoms with Gasteiger partial charge in [-0.3, -0.25) is 4.90 Å². The van der Waals surface area contributed by atoms with E-state index in [1.807, 2.05) is 0 Å². The number of hydrogen-bond donors (Lipinski definition) is 3. The van der Waals surface area contributed by atoms with E-state index in [0.29, 0.717) is 18.2 Å². The second kappa shape index (κ2) is 15.5. The van der Waals surface area contributed by atoms with Crippen molar-refractivity contribution in [1.29, 1.82) is 0 Å². The summed E-state index contributed by atoms with van der Waals surface area (Å²) < 4.78 is 0. The van der Waals surface area contributed by atoms with Gasteiger partial charge < -0.3 is 25.8 Å². The molecular weight excluding hydrogens is 607 g/mol. The molecule has 0 aromatic carbocycles. The number of nitrogens with zero attached hydrogens (tertiary/aromatic N) is 6. The zero-order valence-electron chi connectivity index (χ0n) is 35.2. The predicted molar refractivity (Wildman–Crippen MR) is 212 cm³/mol. The molecule has 1 aromatic rings. The first-order valence-corrected chi connectivity index (χ1v) is 19.6. The standard InChI is InChI=1S/C40H79N9/c1-18-19-20-21-22-23-31(41-15)49-39(11,12)26-30(27-40(49,13)14)48(17)34-43-32(45-38(9,10)28-35(2,3)4)42-33(44-34)47(16)29-24-36(5,6)46-37(7,8)25-29/h29-31,41,46H,18-28H2,1-17H3,(H,42,43,44,45). The number of rotatable bonds is 15.